The zero-order chi connectivity index (χ0) is 15.7. The van der Waals surface area contributed by atoms with Crippen molar-refractivity contribution >= 4 is 15.8 Å². The quantitative estimate of drug-likeness (QED) is 0.928. The number of sulfonamides is 1. The Labute approximate surface area is 115 Å². The van der Waals surface area contributed by atoms with Crippen LogP contribution in [-0.4, -0.2) is 20.2 Å². The van der Waals surface area contributed by atoms with Gasteiger partial charge >= 0.3 is 6.18 Å². The summed E-state index contributed by atoms with van der Waals surface area (Å²) in [6.07, 6.45) is -4.64. The van der Waals surface area contributed by atoms with E-state index in [1.807, 2.05) is 4.72 Å². The zero-order valence-corrected chi connectivity index (χ0v) is 11.9. The van der Waals surface area contributed by atoms with Gasteiger partial charge in [0.15, 0.2) is 0 Å². The van der Waals surface area contributed by atoms with E-state index in [-0.39, 0.29) is 0 Å². The SMILES string of the molecule is CC(=O)C(C)NS(=O)(=O)c1cccc(C(F)(F)F)c1C. The fraction of sp³-hybridized carbons (Fsp3) is 0.417. The molecule has 0 amide bonds. The molecule has 4 nitrogen and oxygen atoms in total. The first-order valence-electron chi connectivity index (χ1n) is 5.66. The number of carbonyl (C=O) groups excluding carboxylic acids is 1. The van der Waals surface area contributed by atoms with Crippen molar-refractivity contribution in [1.29, 1.82) is 0 Å². The van der Waals surface area contributed by atoms with E-state index < -0.39 is 44.0 Å². The van der Waals surface area contributed by atoms with Crippen molar-refractivity contribution in [2.45, 2.75) is 37.9 Å². The normalized spacial score (nSPS) is 14.1. The zero-order valence-electron chi connectivity index (χ0n) is 11.1. The minimum atomic E-state index is -4.64. The second-order valence-electron chi connectivity index (χ2n) is 4.38. The van der Waals surface area contributed by atoms with E-state index in [1.54, 1.807) is 0 Å². The molecular weight excluding hydrogens is 295 g/mol. The molecule has 0 saturated carbocycles. The van der Waals surface area contributed by atoms with E-state index >= 15 is 0 Å². The van der Waals surface area contributed by atoms with Gasteiger partial charge in [-0.05, 0) is 38.5 Å². The molecule has 20 heavy (non-hydrogen) atoms. The van der Waals surface area contributed by atoms with E-state index in [0.29, 0.717) is 0 Å². The lowest BCUT2D eigenvalue weighted by Gasteiger charge is -2.16. The number of rotatable bonds is 4. The van der Waals surface area contributed by atoms with Gasteiger partial charge in [-0.15, -0.1) is 0 Å². The molecule has 1 aromatic carbocycles. The van der Waals surface area contributed by atoms with Crippen molar-refractivity contribution in [3.05, 3.63) is 29.3 Å². The Bertz CT molecular complexity index is 623. The molecule has 0 bridgehead atoms. The fourth-order valence-corrected chi connectivity index (χ4v) is 3.12. The molecule has 1 rings (SSSR count). The van der Waals surface area contributed by atoms with Gasteiger partial charge in [0.25, 0.3) is 0 Å². The van der Waals surface area contributed by atoms with Gasteiger partial charge in [0.2, 0.25) is 10.0 Å². The molecule has 0 fully saturated rings. The van der Waals surface area contributed by atoms with Gasteiger partial charge in [-0.3, -0.25) is 4.79 Å². The molecule has 0 aliphatic heterocycles. The number of carbonyl (C=O) groups is 1. The average molecular weight is 309 g/mol. The number of Topliss-reactive ketones (excluding diaryl/α,β-unsaturated/α-hetero) is 1. The standard InChI is InChI=1S/C12H14F3NO3S/c1-7-10(12(13,14)15)5-4-6-11(7)20(18,19)16-8(2)9(3)17/h4-6,8,16H,1-3H3. The molecule has 0 radical (unpaired) electrons. The molecule has 0 aromatic heterocycles. The van der Waals surface area contributed by atoms with E-state index in [1.165, 1.54) is 13.8 Å². The number of benzene rings is 1. The molecule has 8 heteroatoms. The van der Waals surface area contributed by atoms with E-state index in [2.05, 4.69) is 0 Å². The predicted octanol–water partition coefficient (Wildman–Crippen LogP) is 2.27. The van der Waals surface area contributed by atoms with Crippen molar-refractivity contribution in [1.82, 2.24) is 4.72 Å². The monoisotopic (exact) mass is 309 g/mol. The Morgan fingerprint density at radius 3 is 2.30 bits per heavy atom. The second kappa shape index (κ2) is 5.53. The third-order valence-electron chi connectivity index (χ3n) is 2.82. The van der Waals surface area contributed by atoms with Crippen LogP contribution in [0.1, 0.15) is 25.0 Å². The van der Waals surface area contributed by atoms with Crippen LogP contribution in [0.2, 0.25) is 0 Å². The van der Waals surface area contributed by atoms with Crippen LogP contribution < -0.4 is 4.72 Å². The maximum Gasteiger partial charge on any atom is 0.416 e. The Morgan fingerprint density at radius 2 is 1.85 bits per heavy atom. The Hall–Kier alpha value is -1.41. The predicted molar refractivity (Wildman–Crippen MR) is 66.6 cm³/mol. The summed E-state index contributed by atoms with van der Waals surface area (Å²) in [6.45, 7) is 3.59. The number of hydrogen-bond acceptors (Lipinski definition) is 3. The summed E-state index contributed by atoms with van der Waals surface area (Å²) in [4.78, 5) is 10.6. The van der Waals surface area contributed by atoms with Crippen LogP contribution in [0.4, 0.5) is 13.2 Å². The third-order valence-corrected chi connectivity index (χ3v) is 4.51. The van der Waals surface area contributed by atoms with Gasteiger partial charge in [-0.1, -0.05) is 6.07 Å². The topological polar surface area (TPSA) is 63.2 Å². The molecule has 1 atom stereocenters. The minimum Gasteiger partial charge on any atom is -0.298 e. The summed E-state index contributed by atoms with van der Waals surface area (Å²) >= 11 is 0. The third kappa shape index (κ3) is 3.57. The van der Waals surface area contributed by atoms with Gasteiger partial charge in [0, 0.05) is 0 Å². The first-order chi connectivity index (χ1) is 8.97. The highest BCUT2D eigenvalue weighted by Crippen LogP contribution is 2.34. The fourth-order valence-electron chi connectivity index (χ4n) is 1.59. The van der Waals surface area contributed by atoms with Crippen molar-refractivity contribution in [2.24, 2.45) is 0 Å². The number of alkyl halides is 3. The summed E-state index contributed by atoms with van der Waals surface area (Å²) < 4.78 is 64.3. The van der Waals surface area contributed by atoms with Crippen LogP contribution in [0.5, 0.6) is 0 Å². The van der Waals surface area contributed by atoms with Crippen molar-refractivity contribution < 1.29 is 26.4 Å². The molecule has 0 aliphatic rings. The highest BCUT2D eigenvalue weighted by atomic mass is 32.2. The molecule has 112 valence electrons. The van der Waals surface area contributed by atoms with E-state index in [4.69, 9.17) is 0 Å². The van der Waals surface area contributed by atoms with Crippen LogP contribution in [0.3, 0.4) is 0 Å². The molecule has 1 unspecified atom stereocenters. The molecule has 1 N–H and O–H groups in total. The second-order valence-corrected chi connectivity index (χ2v) is 6.06. The van der Waals surface area contributed by atoms with Crippen LogP contribution in [0.25, 0.3) is 0 Å². The summed E-state index contributed by atoms with van der Waals surface area (Å²) in [7, 11) is -4.19. The number of ketones is 1. The van der Waals surface area contributed by atoms with Crippen molar-refractivity contribution in [2.75, 3.05) is 0 Å². The highest BCUT2D eigenvalue weighted by Gasteiger charge is 2.34. The summed E-state index contributed by atoms with van der Waals surface area (Å²) in [5.41, 5.74) is -1.42. The van der Waals surface area contributed by atoms with E-state index in [0.717, 1.165) is 25.1 Å². The van der Waals surface area contributed by atoms with Gasteiger partial charge in [0.05, 0.1) is 16.5 Å². The minimum absolute atomic E-state index is 0.400. The molecule has 0 spiro atoms. The lowest BCUT2D eigenvalue weighted by molar-refractivity contribution is -0.138. The number of hydrogen-bond donors (Lipinski definition) is 1. The number of nitrogens with one attached hydrogen (secondary N) is 1. The maximum absolute atomic E-state index is 12.7. The Balaban J connectivity index is 3.31. The van der Waals surface area contributed by atoms with Crippen LogP contribution in [-0.2, 0) is 21.0 Å². The van der Waals surface area contributed by atoms with E-state index in [9.17, 15) is 26.4 Å². The van der Waals surface area contributed by atoms with Gasteiger partial charge < -0.3 is 0 Å². The first-order valence-corrected chi connectivity index (χ1v) is 7.14. The molecule has 1 aromatic rings. The highest BCUT2D eigenvalue weighted by molar-refractivity contribution is 7.89. The van der Waals surface area contributed by atoms with Crippen LogP contribution in [0, 0.1) is 6.92 Å². The maximum atomic E-state index is 12.7. The first kappa shape index (κ1) is 16.6. The van der Waals surface area contributed by atoms with Gasteiger partial charge in [0.1, 0.15) is 5.78 Å². The smallest absolute Gasteiger partial charge is 0.298 e. The lowest BCUT2D eigenvalue weighted by atomic mass is 10.1. The van der Waals surface area contributed by atoms with Gasteiger partial charge in [-0.25, -0.2) is 13.1 Å². The molecule has 0 aliphatic carbocycles. The number of halogens is 3. The summed E-state index contributed by atoms with van der Waals surface area (Å²) in [5.74, 6) is -0.432. The largest absolute Gasteiger partial charge is 0.416 e. The van der Waals surface area contributed by atoms with Crippen molar-refractivity contribution in [3.8, 4) is 0 Å². The van der Waals surface area contributed by atoms with Crippen LogP contribution >= 0.6 is 0 Å². The summed E-state index contributed by atoms with van der Waals surface area (Å²) in [5, 5.41) is 0. The Kier molecular flexibility index (Phi) is 4.60. The lowest BCUT2D eigenvalue weighted by Crippen LogP contribution is -2.37. The van der Waals surface area contributed by atoms with Gasteiger partial charge in [-0.2, -0.15) is 13.2 Å². The van der Waals surface area contributed by atoms with Crippen LogP contribution in [0.15, 0.2) is 23.1 Å². The van der Waals surface area contributed by atoms with Crippen molar-refractivity contribution in [3.63, 3.8) is 0 Å². The Morgan fingerprint density at radius 1 is 1.30 bits per heavy atom. The molecule has 0 saturated heterocycles. The molecular formula is C12H14F3NO3S. The average Bonchev–Trinajstić information content (AvgIpc) is 2.26. The summed E-state index contributed by atoms with van der Waals surface area (Å²) in [6, 6.07) is 1.89. The molecule has 0 heterocycles.